The molecule has 3 aromatic rings. The zero-order valence-electron chi connectivity index (χ0n) is 26.0. The Balaban J connectivity index is 1.49. The summed E-state index contributed by atoms with van der Waals surface area (Å²) in [4.78, 5) is 39.4. The largest absolute Gasteiger partial charge is 0.495 e. The number of fused-ring (bicyclic) bond motifs is 1. The maximum absolute atomic E-state index is 14.3. The summed E-state index contributed by atoms with van der Waals surface area (Å²) in [5, 5.41) is 6.80. The van der Waals surface area contributed by atoms with E-state index in [9.17, 15) is 9.59 Å². The minimum absolute atomic E-state index is 0.113. The zero-order valence-corrected chi connectivity index (χ0v) is 27.5. The number of rotatable bonds is 8. The van der Waals surface area contributed by atoms with Crippen molar-refractivity contribution in [3.05, 3.63) is 63.8 Å². The number of benzene rings is 2. The summed E-state index contributed by atoms with van der Waals surface area (Å²) in [6.45, 7) is 5.85. The molecule has 11 nitrogen and oxygen atoms in total. The van der Waals surface area contributed by atoms with Crippen LogP contribution >= 0.6 is 23.2 Å². The van der Waals surface area contributed by atoms with Crippen molar-refractivity contribution in [2.75, 3.05) is 29.3 Å². The SMILES string of the molecule is COc1cc(OC)c(Cl)c(N2Cc3cnc(NC4CCCCC4NC(=O)OC(C)(C)C)nc3N(Cc3ccccc3)C2=O)c1Cl. The first-order valence-corrected chi connectivity index (χ1v) is 15.6. The summed E-state index contributed by atoms with van der Waals surface area (Å²) in [7, 11) is 2.96. The van der Waals surface area contributed by atoms with Crippen molar-refractivity contribution < 1.29 is 23.8 Å². The number of amides is 3. The molecular formula is C32H38Cl2N6O5. The number of ether oxygens (including phenoxy) is 3. The number of urea groups is 1. The minimum Gasteiger partial charge on any atom is -0.495 e. The maximum Gasteiger partial charge on any atom is 0.407 e. The average molecular weight is 658 g/mol. The molecule has 1 aliphatic carbocycles. The molecule has 13 heteroatoms. The van der Waals surface area contributed by atoms with Gasteiger partial charge in [-0.15, -0.1) is 0 Å². The van der Waals surface area contributed by atoms with Gasteiger partial charge < -0.3 is 24.8 Å². The van der Waals surface area contributed by atoms with Gasteiger partial charge in [-0.25, -0.2) is 14.6 Å². The highest BCUT2D eigenvalue weighted by molar-refractivity contribution is 6.42. The van der Waals surface area contributed by atoms with Crippen LogP contribution in [-0.4, -0.2) is 54.0 Å². The number of aromatic nitrogens is 2. The smallest absolute Gasteiger partial charge is 0.407 e. The van der Waals surface area contributed by atoms with E-state index in [0.29, 0.717) is 28.8 Å². The molecule has 45 heavy (non-hydrogen) atoms. The molecule has 3 amide bonds. The van der Waals surface area contributed by atoms with Crippen molar-refractivity contribution in [1.82, 2.24) is 15.3 Å². The summed E-state index contributed by atoms with van der Waals surface area (Å²) < 4.78 is 16.4. The maximum atomic E-state index is 14.3. The van der Waals surface area contributed by atoms with Crippen LogP contribution in [0.5, 0.6) is 11.5 Å². The molecule has 1 saturated carbocycles. The van der Waals surface area contributed by atoms with Crippen LogP contribution in [0, 0.1) is 0 Å². The predicted molar refractivity (Wildman–Crippen MR) is 175 cm³/mol. The van der Waals surface area contributed by atoms with Gasteiger partial charge in [0.2, 0.25) is 5.95 Å². The molecule has 2 heterocycles. The van der Waals surface area contributed by atoms with Gasteiger partial charge in [0.05, 0.1) is 39.0 Å². The Bertz CT molecular complexity index is 1520. The first kappa shape index (κ1) is 32.4. The Labute approximate surface area is 273 Å². The van der Waals surface area contributed by atoms with Gasteiger partial charge in [0.25, 0.3) is 0 Å². The van der Waals surface area contributed by atoms with Crippen LogP contribution < -0.4 is 29.9 Å². The summed E-state index contributed by atoms with van der Waals surface area (Å²) in [6, 6.07) is 10.5. The third kappa shape index (κ3) is 7.31. The lowest BCUT2D eigenvalue weighted by molar-refractivity contribution is 0.0488. The van der Waals surface area contributed by atoms with E-state index in [1.807, 2.05) is 51.1 Å². The van der Waals surface area contributed by atoms with Crippen molar-refractivity contribution >= 4 is 52.8 Å². The number of anilines is 3. The molecule has 2 aliphatic rings. The van der Waals surface area contributed by atoms with Crippen molar-refractivity contribution in [1.29, 1.82) is 0 Å². The molecule has 0 bridgehead atoms. The summed E-state index contributed by atoms with van der Waals surface area (Å²) in [5.41, 5.74) is 1.26. The van der Waals surface area contributed by atoms with Gasteiger partial charge in [0.15, 0.2) is 0 Å². The quantitative estimate of drug-likeness (QED) is 0.261. The second-order valence-corrected chi connectivity index (χ2v) is 12.8. The van der Waals surface area contributed by atoms with Crippen molar-refractivity contribution in [2.24, 2.45) is 0 Å². The van der Waals surface area contributed by atoms with E-state index in [1.165, 1.54) is 19.1 Å². The Morgan fingerprint density at radius 1 is 1.02 bits per heavy atom. The monoisotopic (exact) mass is 656 g/mol. The normalized spacial score (nSPS) is 18.2. The first-order valence-electron chi connectivity index (χ1n) is 14.8. The topological polar surface area (TPSA) is 118 Å². The van der Waals surface area contributed by atoms with E-state index in [1.54, 1.807) is 17.2 Å². The van der Waals surface area contributed by atoms with Crippen LogP contribution in [0.1, 0.15) is 57.6 Å². The van der Waals surface area contributed by atoms with Crippen molar-refractivity contribution in [3.63, 3.8) is 0 Å². The molecule has 0 radical (unpaired) electrons. The molecule has 0 saturated heterocycles. The van der Waals surface area contributed by atoms with Gasteiger partial charge in [-0.1, -0.05) is 66.4 Å². The van der Waals surface area contributed by atoms with Crippen LogP contribution in [-0.2, 0) is 17.8 Å². The molecule has 2 N–H and O–H groups in total. The van der Waals surface area contributed by atoms with E-state index in [0.717, 1.165) is 31.2 Å². The van der Waals surface area contributed by atoms with E-state index in [-0.39, 0.29) is 46.9 Å². The lowest BCUT2D eigenvalue weighted by Crippen LogP contribution is -2.50. The molecular weight excluding hydrogens is 619 g/mol. The number of methoxy groups -OCH3 is 2. The number of alkyl carbamates (subject to hydrolysis) is 1. The van der Waals surface area contributed by atoms with Gasteiger partial charge in [-0.05, 0) is 39.2 Å². The fourth-order valence-corrected chi connectivity index (χ4v) is 6.29. The van der Waals surface area contributed by atoms with Crippen molar-refractivity contribution in [3.8, 4) is 11.5 Å². The number of nitrogens with zero attached hydrogens (tertiary/aromatic N) is 4. The Hall–Kier alpha value is -3.96. The predicted octanol–water partition coefficient (Wildman–Crippen LogP) is 7.20. The molecule has 2 unspecified atom stereocenters. The summed E-state index contributed by atoms with van der Waals surface area (Å²) in [5.74, 6) is 1.46. The summed E-state index contributed by atoms with van der Waals surface area (Å²) in [6.07, 6.45) is 4.82. The summed E-state index contributed by atoms with van der Waals surface area (Å²) >= 11 is 13.5. The number of hydrogen-bond acceptors (Lipinski definition) is 8. The van der Waals surface area contributed by atoms with Crippen LogP contribution in [0.3, 0.4) is 0 Å². The van der Waals surface area contributed by atoms with Gasteiger partial charge >= 0.3 is 12.1 Å². The highest BCUT2D eigenvalue weighted by atomic mass is 35.5. The van der Waals surface area contributed by atoms with Crippen molar-refractivity contribution in [2.45, 2.75) is 77.2 Å². The number of nitrogens with one attached hydrogen (secondary N) is 2. The highest BCUT2D eigenvalue weighted by Crippen LogP contribution is 2.48. The molecule has 1 aliphatic heterocycles. The van der Waals surface area contributed by atoms with Crippen LogP contribution in [0.4, 0.5) is 27.0 Å². The minimum atomic E-state index is -0.601. The third-order valence-corrected chi connectivity index (χ3v) is 8.40. The standard InChI is InChI=1S/C32H38Cl2N6O5/c1-32(2,3)45-30(41)37-22-14-10-9-13-21(22)36-29-35-16-20-18-39(27-25(33)23(43-4)15-24(44-5)26(27)34)31(42)40(28(20)38-29)17-19-11-7-6-8-12-19/h6-8,11-12,15-16,21-22H,9-10,13-14,17-18H2,1-5H3,(H,37,41)(H,35,36,38). The Morgan fingerprint density at radius 3 is 2.29 bits per heavy atom. The first-order chi connectivity index (χ1) is 21.5. The van der Waals surface area contributed by atoms with Gasteiger partial charge in [-0.3, -0.25) is 9.80 Å². The number of halogens is 2. The lowest BCUT2D eigenvalue weighted by atomic mass is 9.90. The number of carbonyl (C=O) groups excluding carboxylic acids is 2. The second-order valence-electron chi connectivity index (χ2n) is 12.0. The van der Waals surface area contributed by atoms with E-state index in [4.69, 9.17) is 42.4 Å². The zero-order chi connectivity index (χ0) is 32.3. The lowest BCUT2D eigenvalue weighted by Gasteiger charge is -2.37. The van der Waals surface area contributed by atoms with Gasteiger partial charge in [0, 0.05) is 23.9 Å². The Kier molecular flexibility index (Phi) is 9.79. The molecule has 1 fully saturated rings. The van der Waals surface area contributed by atoms with Gasteiger partial charge in [0.1, 0.15) is 33.0 Å². The molecule has 240 valence electrons. The molecule has 1 aromatic heterocycles. The average Bonchev–Trinajstić information content (AvgIpc) is 3.00. The van der Waals surface area contributed by atoms with Gasteiger partial charge in [-0.2, -0.15) is 4.98 Å². The van der Waals surface area contributed by atoms with Crippen LogP contribution in [0.2, 0.25) is 10.0 Å². The van der Waals surface area contributed by atoms with E-state index < -0.39 is 11.7 Å². The van der Waals surface area contributed by atoms with Crippen LogP contribution in [0.15, 0.2) is 42.6 Å². The fourth-order valence-electron chi connectivity index (χ4n) is 5.58. The molecule has 2 atom stereocenters. The number of carbonyl (C=O) groups is 2. The molecule has 0 spiro atoms. The van der Waals surface area contributed by atoms with E-state index >= 15 is 0 Å². The second kappa shape index (κ2) is 13.6. The third-order valence-electron chi connectivity index (χ3n) is 7.67. The van der Waals surface area contributed by atoms with Crippen LogP contribution in [0.25, 0.3) is 0 Å². The molecule has 5 rings (SSSR count). The Morgan fingerprint density at radius 2 is 1.67 bits per heavy atom. The van der Waals surface area contributed by atoms with E-state index in [2.05, 4.69) is 15.6 Å². The molecule has 2 aromatic carbocycles. The number of hydrogen-bond donors (Lipinski definition) is 2. The highest BCUT2D eigenvalue weighted by Gasteiger charge is 2.37. The fraction of sp³-hybridized carbons (Fsp3) is 0.438.